The first kappa shape index (κ1) is 13.8. The Hall–Kier alpha value is -2.21. The van der Waals surface area contributed by atoms with Crippen molar-refractivity contribution in [1.82, 2.24) is 20.2 Å². The van der Waals surface area contributed by atoms with Gasteiger partial charge in [-0.05, 0) is 58.8 Å². The number of nitrogens with one attached hydrogen (secondary N) is 1. The second-order valence-electron chi connectivity index (χ2n) is 4.75. The molecule has 0 saturated heterocycles. The minimum atomic E-state index is 0.769. The lowest BCUT2D eigenvalue weighted by atomic mass is 10.1. The molecule has 0 saturated carbocycles. The highest BCUT2D eigenvalue weighted by molar-refractivity contribution is 9.10. The molecule has 0 radical (unpaired) electrons. The van der Waals surface area contributed by atoms with E-state index in [1.54, 1.807) is 11.0 Å². The maximum absolute atomic E-state index is 3.86. The fraction of sp³-hybridized carbons (Fsp3) is 0.133. The number of hydrogen-bond donors (Lipinski definition) is 1. The highest BCUT2D eigenvalue weighted by Crippen LogP contribution is 2.20. The second-order valence-corrected chi connectivity index (χ2v) is 5.60. The lowest BCUT2D eigenvalue weighted by molar-refractivity contribution is 0.789. The van der Waals surface area contributed by atoms with Gasteiger partial charge in [0.1, 0.15) is 6.33 Å². The number of halogens is 1. The van der Waals surface area contributed by atoms with Gasteiger partial charge in [0.25, 0.3) is 0 Å². The summed E-state index contributed by atoms with van der Waals surface area (Å²) in [6, 6.07) is 14.3. The van der Waals surface area contributed by atoms with Crippen molar-refractivity contribution in [2.24, 2.45) is 0 Å². The molecular weight excluding hydrogens is 330 g/mol. The Kier molecular flexibility index (Phi) is 3.96. The van der Waals surface area contributed by atoms with E-state index in [9.17, 15) is 0 Å². The van der Waals surface area contributed by atoms with E-state index in [1.165, 1.54) is 11.1 Å². The normalized spacial score (nSPS) is 10.6. The Balaban J connectivity index is 1.68. The predicted molar refractivity (Wildman–Crippen MR) is 85.4 cm³/mol. The third-order valence-corrected chi connectivity index (χ3v) is 3.91. The van der Waals surface area contributed by atoms with Crippen molar-refractivity contribution in [3.05, 3.63) is 64.4 Å². The van der Waals surface area contributed by atoms with E-state index in [2.05, 4.69) is 61.9 Å². The van der Waals surface area contributed by atoms with Crippen LogP contribution in [0, 0.1) is 6.92 Å². The average molecular weight is 344 g/mol. The molecule has 2 aromatic carbocycles. The standard InChI is InChI=1S/C15H14BrN5/c1-11-2-3-12(15(16)8-11)9-17-13-4-6-14(7-5-13)21-10-18-19-20-21/h2-8,10,17H,9H2,1H3. The van der Waals surface area contributed by atoms with Gasteiger partial charge in [-0.25, -0.2) is 4.68 Å². The summed E-state index contributed by atoms with van der Waals surface area (Å²) < 4.78 is 2.75. The smallest absolute Gasteiger partial charge is 0.143 e. The second kappa shape index (κ2) is 6.05. The van der Waals surface area contributed by atoms with Gasteiger partial charge in [-0.1, -0.05) is 28.1 Å². The average Bonchev–Trinajstić information content (AvgIpc) is 3.01. The fourth-order valence-electron chi connectivity index (χ4n) is 2.00. The number of aryl methyl sites for hydroxylation is 1. The molecule has 6 heteroatoms. The SMILES string of the molecule is Cc1ccc(CNc2ccc(-n3cnnn3)cc2)c(Br)c1. The summed E-state index contributed by atoms with van der Waals surface area (Å²) in [5, 5.41) is 14.5. The van der Waals surface area contributed by atoms with Crippen LogP contribution in [0.3, 0.4) is 0 Å². The van der Waals surface area contributed by atoms with Crippen molar-refractivity contribution in [1.29, 1.82) is 0 Å². The zero-order valence-electron chi connectivity index (χ0n) is 11.5. The van der Waals surface area contributed by atoms with E-state index in [-0.39, 0.29) is 0 Å². The molecule has 1 N–H and O–H groups in total. The van der Waals surface area contributed by atoms with Crippen LogP contribution in [-0.4, -0.2) is 20.2 Å². The van der Waals surface area contributed by atoms with Crippen molar-refractivity contribution in [2.45, 2.75) is 13.5 Å². The molecule has 5 nitrogen and oxygen atoms in total. The van der Waals surface area contributed by atoms with Crippen LogP contribution in [0.25, 0.3) is 5.69 Å². The Morgan fingerprint density at radius 2 is 1.95 bits per heavy atom. The van der Waals surface area contributed by atoms with Crippen LogP contribution in [0.4, 0.5) is 5.69 Å². The third-order valence-electron chi connectivity index (χ3n) is 3.17. The van der Waals surface area contributed by atoms with Crippen molar-refractivity contribution >= 4 is 21.6 Å². The lowest BCUT2D eigenvalue weighted by Gasteiger charge is -2.09. The number of nitrogens with zero attached hydrogens (tertiary/aromatic N) is 4. The molecule has 1 aromatic heterocycles. The summed E-state index contributed by atoms with van der Waals surface area (Å²) in [5.41, 5.74) is 4.46. The molecule has 0 aliphatic heterocycles. The first-order valence-electron chi connectivity index (χ1n) is 6.55. The quantitative estimate of drug-likeness (QED) is 0.789. The van der Waals surface area contributed by atoms with Crippen LogP contribution < -0.4 is 5.32 Å². The molecule has 0 spiro atoms. The molecule has 0 amide bonds. The number of benzene rings is 2. The summed E-state index contributed by atoms with van der Waals surface area (Å²) in [4.78, 5) is 0. The van der Waals surface area contributed by atoms with Crippen LogP contribution in [0.15, 0.2) is 53.3 Å². The topological polar surface area (TPSA) is 55.6 Å². The maximum Gasteiger partial charge on any atom is 0.143 e. The summed E-state index contributed by atoms with van der Waals surface area (Å²) >= 11 is 3.59. The van der Waals surface area contributed by atoms with Gasteiger partial charge in [0.15, 0.2) is 0 Å². The van der Waals surface area contributed by atoms with Gasteiger partial charge >= 0.3 is 0 Å². The van der Waals surface area contributed by atoms with Gasteiger partial charge in [-0.3, -0.25) is 0 Å². The maximum atomic E-state index is 3.86. The highest BCUT2D eigenvalue weighted by Gasteiger charge is 2.01. The molecule has 0 unspecified atom stereocenters. The number of anilines is 1. The molecule has 21 heavy (non-hydrogen) atoms. The Morgan fingerprint density at radius 3 is 2.62 bits per heavy atom. The Labute approximate surface area is 131 Å². The van der Waals surface area contributed by atoms with E-state index in [0.717, 1.165) is 22.4 Å². The largest absolute Gasteiger partial charge is 0.381 e. The first-order chi connectivity index (χ1) is 10.2. The van der Waals surface area contributed by atoms with Gasteiger partial charge in [0.2, 0.25) is 0 Å². The van der Waals surface area contributed by atoms with Gasteiger partial charge in [0.05, 0.1) is 5.69 Å². The Morgan fingerprint density at radius 1 is 1.14 bits per heavy atom. The number of rotatable bonds is 4. The molecule has 106 valence electrons. The van der Waals surface area contributed by atoms with Crippen molar-refractivity contribution in [3.8, 4) is 5.69 Å². The van der Waals surface area contributed by atoms with E-state index < -0.39 is 0 Å². The fourth-order valence-corrected chi connectivity index (χ4v) is 2.64. The van der Waals surface area contributed by atoms with Crippen LogP contribution in [0.5, 0.6) is 0 Å². The summed E-state index contributed by atoms with van der Waals surface area (Å²) in [6.07, 6.45) is 1.58. The van der Waals surface area contributed by atoms with E-state index in [0.29, 0.717) is 0 Å². The van der Waals surface area contributed by atoms with Gasteiger partial charge < -0.3 is 5.32 Å². The minimum Gasteiger partial charge on any atom is -0.381 e. The summed E-state index contributed by atoms with van der Waals surface area (Å²) in [5.74, 6) is 0. The monoisotopic (exact) mass is 343 g/mol. The van der Waals surface area contributed by atoms with Crippen molar-refractivity contribution < 1.29 is 0 Å². The summed E-state index contributed by atoms with van der Waals surface area (Å²) in [6.45, 7) is 2.85. The molecule has 3 rings (SSSR count). The molecule has 1 heterocycles. The molecule has 0 fully saturated rings. The van der Waals surface area contributed by atoms with Crippen LogP contribution in [0.1, 0.15) is 11.1 Å². The van der Waals surface area contributed by atoms with E-state index >= 15 is 0 Å². The minimum absolute atomic E-state index is 0.769. The Bertz CT molecular complexity index is 722. The van der Waals surface area contributed by atoms with Crippen LogP contribution in [0.2, 0.25) is 0 Å². The molecule has 3 aromatic rings. The van der Waals surface area contributed by atoms with Gasteiger partial charge in [-0.2, -0.15) is 0 Å². The zero-order chi connectivity index (χ0) is 14.7. The van der Waals surface area contributed by atoms with E-state index in [1.807, 2.05) is 24.3 Å². The van der Waals surface area contributed by atoms with Crippen LogP contribution >= 0.6 is 15.9 Å². The lowest BCUT2D eigenvalue weighted by Crippen LogP contribution is -2.01. The van der Waals surface area contributed by atoms with E-state index in [4.69, 9.17) is 0 Å². The zero-order valence-corrected chi connectivity index (χ0v) is 13.1. The highest BCUT2D eigenvalue weighted by atomic mass is 79.9. The molecular formula is C15H14BrN5. The van der Waals surface area contributed by atoms with Gasteiger partial charge in [-0.15, -0.1) is 5.10 Å². The number of hydrogen-bond acceptors (Lipinski definition) is 4. The van der Waals surface area contributed by atoms with Gasteiger partial charge in [0, 0.05) is 16.7 Å². The third kappa shape index (κ3) is 3.28. The van der Waals surface area contributed by atoms with Crippen molar-refractivity contribution in [3.63, 3.8) is 0 Å². The number of aromatic nitrogens is 4. The molecule has 0 bridgehead atoms. The molecule has 0 aliphatic rings. The predicted octanol–water partition coefficient (Wildman–Crippen LogP) is 3.35. The first-order valence-corrected chi connectivity index (χ1v) is 7.34. The van der Waals surface area contributed by atoms with Crippen LogP contribution in [-0.2, 0) is 6.54 Å². The van der Waals surface area contributed by atoms with Crippen molar-refractivity contribution in [2.75, 3.05) is 5.32 Å². The molecule has 0 aliphatic carbocycles. The number of tetrazole rings is 1. The molecule has 0 atom stereocenters. The summed E-state index contributed by atoms with van der Waals surface area (Å²) in [7, 11) is 0.